The van der Waals surface area contributed by atoms with Crippen LogP contribution in [0.5, 0.6) is 0 Å². The van der Waals surface area contributed by atoms with Crippen LogP contribution in [0.15, 0.2) is 41.4 Å². The number of amides is 2. The highest BCUT2D eigenvalue weighted by atomic mass is 16.6. The Morgan fingerprint density at radius 2 is 1.79 bits per heavy atom. The summed E-state index contributed by atoms with van der Waals surface area (Å²) in [6, 6.07) is -1.00. The highest BCUT2D eigenvalue weighted by Crippen LogP contribution is 2.52. The van der Waals surface area contributed by atoms with Gasteiger partial charge in [-0.15, -0.1) is 0 Å². The molecule has 52 heavy (non-hydrogen) atoms. The second-order valence-corrected chi connectivity index (χ2v) is 13.8. The molecular formula is C37H65N5O10. The molecule has 1 saturated heterocycles. The normalized spacial score (nSPS) is 22.4. The Morgan fingerprint density at radius 3 is 2.35 bits per heavy atom. The number of guanidine groups is 1. The van der Waals surface area contributed by atoms with Crippen molar-refractivity contribution in [2.45, 2.75) is 148 Å². The number of aliphatic carboxylic acids is 1. The van der Waals surface area contributed by atoms with Crippen molar-refractivity contribution in [2.75, 3.05) is 13.3 Å². The van der Waals surface area contributed by atoms with Gasteiger partial charge >= 0.3 is 5.97 Å². The van der Waals surface area contributed by atoms with Gasteiger partial charge < -0.3 is 57.1 Å². The molecule has 2 aliphatic rings. The first-order valence-electron chi connectivity index (χ1n) is 18.4. The number of hydrogen-bond donors (Lipinski definition) is 9. The van der Waals surface area contributed by atoms with Crippen molar-refractivity contribution in [3.05, 3.63) is 36.5 Å². The fourth-order valence-electron chi connectivity index (χ4n) is 5.86. The third-order valence-corrected chi connectivity index (χ3v) is 9.74. The number of unbranched alkanes of at least 4 members (excludes halogenated alkanes) is 1. The summed E-state index contributed by atoms with van der Waals surface area (Å²) in [5.74, 6) is -1.89. The standard InChI is InChI=1S/C22H38N4O5.C15H27NO5/c1-2-22(12-13-22)18(28)15-16(27)9-6-4-3-5-7-11-19(29)26-17(20(30)31)10-8-14-25-21(23)24;1-5-14(20-8-17)16-15(19)13(18)7-12-6-9(2)10(3)11(4)21-12/h3,5,7,11,16-18,27-28H,2,4,6,8-10,12-15H2,1H3,(H,26,29)(H,30,31)(H4,23,24,25);10-14,17-18H,2,5-8H2,1,3-4H3,(H,16,19)/b5-3+,11-7+;/t16-,17+,18-;10-,11-,12?,13+,14+/m11/s1. The quantitative estimate of drug-likeness (QED) is 0.0139. The summed E-state index contributed by atoms with van der Waals surface area (Å²) in [7, 11) is 0. The number of carbonyl (C=O) groups excluding carboxylic acids is 2. The smallest absolute Gasteiger partial charge is 0.326 e. The molecule has 1 heterocycles. The Morgan fingerprint density at radius 1 is 1.10 bits per heavy atom. The van der Waals surface area contributed by atoms with Crippen molar-refractivity contribution in [2.24, 2.45) is 27.8 Å². The van der Waals surface area contributed by atoms with Crippen molar-refractivity contribution in [1.29, 1.82) is 0 Å². The van der Waals surface area contributed by atoms with Crippen LogP contribution in [0.3, 0.4) is 0 Å². The number of nitrogens with zero attached hydrogens (tertiary/aromatic N) is 1. The molecule has 298 valence electrons. The second kappa shape index (κ2) is 24.8. The number of ether oxygens (including phenoxy) is 2. The van der Waals surface area contributed by atoms with Crippen molar-refractivity contribution >= 4 is 23.7 Å². The molecule has 0 radical (unpaired) electrons. The fraction of sp³-hybridized carbons (Fsp3) is 0.730. The van der Waals surface area contributed by atoms with Crippen molar-refractivity contribution in [3.63, 3.8) is 0 Å². The van der Waals surface area contributed by atoms with Gasteiger partial charge in [0.2, 0.25) is 5.91 Å². The summed E-state index contributed by atoms with van der Waals surface area (Å²) in [6.07, 6.45) is 11.2. The number of nitrogens with two attached hydrogens (primary N) is 2. The van der Waals surface area contributed by atoms with E-state index in [4.69, 9.17) is 26.0 Å². The maximum atomic E-state index is 11.9. The van der Waals surface area contributed by atoms with Crippen molar-refractivity contribution < 1.29 is 49.4 Å². The number of allylic oxidation sites excluding steroid dienone is 3. The summed E-state index contributed by atoms with van der Waals surface area (Å²) < 4.78 is 10.7. The molecule has 11 N–H and O–H groups in total. The second-order valence-electron chi connectivity index (χ2n) is 13.8. The first-order valence-corrected chi connectivity index (χ1v) is 18.4. The average Bonchev–Trinajstić information content (AvgIpc) is 3.89. The largest absolute Gasteiger partial charge is 0.480 e. The van der Waals surface area contributed by atoms with Crippen molar-refractivity contribution in [3.8, 4) is 0 Å². The van der Waals surface area contributed by atoms with E-state index in [2.05, 4.69) is 36.1 Å². The number of carbonyl (C=O) groups is 3. The number of carboxylic acid groups (broad SMARTS) is 1. The van der Waals surface area contributed by atoms with Crippen LogP contribution in [0.25, 0.3) is 0 Å². The van der Waals surface area contributed by atoms with Gasteiger partial charge in [0.05, 0.1) is 24.4 Å². The Bertz CT molecular complexity index is 1190. The van der Waals surface area contributed by atoms with Crippen LogP contribution in [-0.4, -0.2) is 105 Å². The van der Waals surface area contributed by atoms with Gasteiger partial charge in [-0.2, -0.15) is 0 Å². The van der Waals surface area contributed by atoms with Crippen LogP contribution in [0.1, 0.15) is 105 Å². The Labute approximate surface area is 308 Å². The lowest BCUT2D eigenvalue weighted by molar-refractivity contribution is -0.141. The minimum Gasteiger partial charge on any atom is -0.480 e. The average molecular weight is 740 g/mol. The topological polar surface area (TPSA) is 259 Å². The molecule has 0 bridgehead atoms. The summed E-state index contributed by atoms with van der Waals surface area (Å²) in [5, 5.41) is 53.2. The van der Waals surface area contributed by atoms with Gasteiger partial charge in [0.1, 0.15) is 25.2 Å². The number of aliphatic hydroxyl groups is 4. The Kier molecular flexibility index (Phi) is 22.3. The van der Waals surface area contributed by atoms with E-state index in [1.54, 1.807) is 12.2 Å². The molecule has 0 aromatic heterocycles. The summed E-state index contributed by atoms with van der Waals surface area (Å²) in [6.45, 7) is 11.8. The van der Waals surface area contributed by atoms with E-state index in [1.807, 2.05) is 19.9 Å². The van der Waals surface area contributed by atoms with Gasteiger partial charge in [-0.05, 0) is 83.0 Å². The fourth-order valence-corrected chi connectivity index (χ4v) is 5.86. The van der Waals surface area contributed by atoms with Gasteiger partial charge in [0.15, 0.2) is 5.96 Å². The van der Waals surface area contributed by atoms with Gasteiger partial charge in [-0.3, -0.25) is 14.6 Å². The van der Waals surface area contributed by atoms with Crippen LogP contribution in [-0.2, 0) is 23.9 Å². The predicted molar refractivity (Wildman–Crippen MR) is 198 cm³/mol. The van der Waals surface area contributed by atoms with E-state index in [1.165, 1.54) is 6.08 Å². The predicted octanol–water partition coefficient (Wildman–Crippen LogP) is 2.12. The molecule has 1 unspecified atom stereocenters. The maximum absolute atomic E-state index is 11.9. The summed E-state index contributed by atoms with van der Waals surface area (Å²) in [4.78, 5) is 38.8. The lowest BCUT2D eigenvalue weighted by Gasteiger charge is -2.35. The molecule has 2 rings (SSSR count). The molecule has 0 spiro atoms. The Hall–Kier alpha value is -3.34. The van der Waals surface area contributed by atoms with E-state index < -0.39 is 55.2 Å². The number of hydrogen-bond acceptors (Lipinski definition) is 10. The zero-order valence-corrected chi connectivity index (χ0v) is 31.4. The maximum Gasteiger partial charge on any atom is 0.326 e. The zero-order valence-electron chi connectivity index (χ0n) is 31.4. The molecule has 15 nitrogen and oxygen atoms in total. The van der Waals surface area contributed by atoms with E-state index >= 15 is 0 Å². The third kappa shape index (κ3) is 18.4. The van der Waals surface area contributed by atoms with Crippen LogP contribution >= 0.6 is 0 Å². The molecule has 0 aromatic carbocycles. The lowest BCUT2D eigenvalue weighted by Crippen LogP contribution is -2.45. The van der Waals surface area contributed by atoms with Crippen LogP contribution in [0, 0.1) is 11.3 Å². The molecule has 1 aliphatic carbocycles. The van der Waals surface area contributed by atoms with Gasteiger partial charge in [0, 0.05) is 25.0 Å². The van der Waals surface area contributed by atoms with E-state index in [9.17, 15) is 34.8 Å². The highest BCUT2D eigenvalue weighted by molar-refractivity contribution is 5.91. The van der Waals surface area contributed by atoms with Crippen LogP contribution in [0.4, 0.5) is 0 Å². The molecular weight excluding hydrogens is 674 g/mol. The number of carboxylic acids is 1. The number of aliphatic hydroxyl groups excluding tert-OH is 4. The minimum atomic E-state index is -1.17. The number of aliphatic imine (C=N–C) groups is 1. The zero-order chi connectivity index (χ0) is 39.3. The van der Waals surface area contributed by atoms with E-state index in [0.717, 1.165) is 37.7 Å². The highest BCUT2D eigenvalue weighted by Gasteiger charge is 2.47. The van der Waals surface area contributed by atoms with E-state index in [0.29, 0.717) is 38.6 Å². The monoisotopic (exact) mass is 739 g/mol. The minimum absolute atomic E-state index is 0.0348. The molecule has 1 saturated carbocycles. The SMILES string of the molecule is C=C1CC(C[C@H](O)C(=O)N[C@H](CC)OCO)O[C@H](C)[C@@H]1C.CCC1([C@H](O)C[C@H](O)CCC/C=C/C=C/C(=O)N[C@@H](CCCN=C(N)N)C(=O)O)CC1. The summed E-state index contributed by atoms with van der Waals surface area (Å²) in [5.41, 5.74) is 11.5. The molecule has 1 aliphatic heterocycles. The van der Waals surface area contributed by atoms with Gasteiger partial charge in [-0.25, -0.2) is 4.79 Å². The molecule has 2 amide bonds. The molecule has 2 fully saturated rings. The van der Waals surface area contributed by atoms with Gasteiger partial charge in [-0.1, -0.05) is 51.2 Å². The molecule has 0 aromatic rings. The molecule has 8 atom stereocenters. The third-order valence-electron chi connectivity index (χ3n) is 9.74. The summed E-state index contributed by atoms with van der Waals surface area (Å²) >= 11 is 0. The Balaban J connectivity index is 0.000000560. The van der Waals surface area contributed by atoms with Crippen LogP contribution in [0.2, 0.25) is 0 Å². The number of nitrogens with one attached hydrogen (secondary N) is 2. The first-order chi connectivity index (χ1) is 24.6. The van der Waals surface area contributed by atoms with Gasteiger partial charge in [0.25, 0.3) is 5.91 Å². The van der Waals surface area contributed by atoms with Crippen LogP contribution < -0.4 is 22.1 Å². The lowest BCUT2D eigenvalue weighted by atomic mass is 9.88. The van der Waals surface area contributed by atoms with E-state index in [-0.39, 0.29) is 42.3 Å². The number of rotatable bonds is 23. The molecule has 15 heteroatoms. The first kappa shape index (κ1) is 46.7. The van der Waals surface area contributed by atoms with Crippen molar-refractivity contribution in [1.82, 2.24) is 10.6 Å².